The van der Waals surface area contributed by atoms with Gasteiger partial charge in [-0.3, -0.25) is 4.79 Å². The minimum Gasteiger partial charge on any atom is -0.507 e. The molecule has 0 aliphatic heterocycles. The van der Waals surface area contributed by atoms with Gasteiger partial charge in [-0.2, -0.15) is 0 Å². The predicted molar refractivity (Wildman–Crippen MR) is 67.4 cm³/mol. The molecule has 0 aliphatic rings. The van der Waals surface area contributed by atoms with Crippen molar-refractivity contribution >= 4 is 16.7 Å². The van der Waals surface area contributed by atoms with E-state index in [1.807, 2.05) is 13.8 Å². The highest BCUT2D eigenvalue weighted by Crippen LogP contribution is 2.31. The number of nitrogens with one attached hydrogen (secondary N) is 1. The number of H-pyrrole nitrogens is 1. The van der Waals surface area contributed by atoms with Gasteiger partial charge < -0.3 is 15.8 Å². The Morgan fingerprint density at radius 1 is 1.41 bits per heavy atom. The Bertz CT molecular complexity index is 597. The summed E-state index contributed by atoms with van der Waals surface area (Å²) >= 11 is 0. The highest BCUT2D eigenvalue weighted by atomic mass is 16.3. The zero-order valence-corrected chi connectivity index (χ0v) is 10.2. The topological polar surface area (TPSA) is 79.1 Å². The van der Waals surface area contributed by atoms with Crippen LogP contribution in [0.15, 0.2) is 12.1 Å². The first-order valence-electron chi connectivity index (χ1n) is 5.54. The van der Waals surface area contributed by atoms with Crippen molar-refractivity contribution in [2.45, 2.75) is 26.8 Å². The lowest BCUT2D eigenvalue weighted by atomic mass is 9.98. The van der Waals surface area contributed by atoms with Crippen molar-refractivity contribution in [3.63, 3.8) is 0 Å². The van der Waals surface area contributed by atoms with Crippen molar-refractivity contribution in [3.05, 3.63) is 29.0 Å². The predicted octanol–water partition coefficient (Wildman–Crippen LogP) is 2.02. The number of rotatable bonds is 2. The van der Waals surface area contributed by atoms with Gasteiger partial charge in [0, 0.05) is 16.6 Å². The van der Waals surface area contributed by atoms with E-state index < -0.39 is 6.04 Å². The maximum atomic E-state index is 12.0. The largest absolute Gasteiger partial charge is 0.507 e. The molecule has 4 heteroatoms. The lowest BCUT2D eigenvalue weighted by Crippen LogP contribution is -2.26. The number of aryl methyl sites for hydroxylation is 2. The number of fused-ring (bicyclic) bond motifs is 1. The first kappa shape index (κ1) is 11.7. The number of Topliss-reactive ketones (excluding diaryl/α,β-unsaturated/α-hetero) is 1. The van der Waals surface area contributed by atoms with Crippen LogP contribution in [0.2, 0.25) is 0 Å². The highest BCUT2D eigenvalue weighted by molar-refractivity contribution is 6.13. The van der Waals surface area contributed by atoms with Gasteiger partial charge in [0.2, 0.25) is 0 Å². The van der Waals surface area contributed by atoms with E-state index in [9.17, 15) is 9.90 Å². The van der Waals surface area contributed by atoms with Crippen molar-refractivity contribution in [3.8, 4) is 5.75 Å². The van der Waals surface area contributed by atoms with E-state index >= 15 is 0 Å². The number of nitrogens with two attached hydrogens (primary N) is 1. The second kappa shape index (κ2) is 3.89. The van der Waals surface area contributed by atoms with E-state index in [0.29, 0.717) is 5.56 Å². The van der Waals surface area contributed by atoms with Crippen LogP contribution in [0.3, 0.4) is 0 Å². The van der Waals surface area contributed by atoms with E-state index in [2.05, 4.69) is 4.98 Å². The molecule has 90 valence electrons. The second-order valence-corrected chi connectivity index (χ2v) is 4.41. The zero-order valence-electron chi connectivity index (χ0n) is 10.2. The van der Waals surface area contributed by atoms with Crippen molar-refractivity contribution in [2.24, 2.45) is 5.73 Å². The number of aromatic nitrogens is 1. The molecule has 0 aliphatic carbocycles. The summed E-state index contributed by atoms with van der Waals surface area (Å²) in [6.07, 6.45) is 0. The molecule has 1 unspecified atom stereocenters. The average Bonchev–Trinajstić information content (AvgIpc) is 2.55. The Balaban J connectivity index is 2.84. The first-order valence-corrected chi connectivity index (χ1v) is 5.54. The second-order valence-electron chi connectivity index (χ2n) is 4.41. The molecule has 0 fully saturated rings. The molecular weight excluding hydrogens is 216 g/mol. The molecule has 2 rings (SSSR count). The molecule has 2 aromatic rings. The highest BCUT2D eigenvalue weighted by Gasteiger charge is 2.21. The number of ketones is 1. The number of carbonyl (C=O) groups excluding carboxylic acids is 1. The fourth-order valence-corrected chi connectivity index (χ4v) is 2.05. The number of hydrogen-bond donors (Lipinski definition) is 3. The molecule has 0 spiro atoms. The van der Waals surface area contributed by atoms with Gasteiger partial charge in [-0.05, 0) is 38.5 Å². The number of carbonyl (C=O) groups is 1. The Kier molecular flexibility index (Phi) is 2.67. The Labute approximate surface area is 99.4 Å². The maximum absolute atomic E-state index is 12.0. The number of hydrogen-bond acceptors (Lipinski definition) is 3. The van der Waals surface area contributed by atoms with Crippen molar-refractivity contribution in [1.29, 1.82) is 0 Å². The number of phenolic OH excluding ortho intramolecular Hbond substituents is 1. The minimum atomic E-state index is -0.624. The van der Waals surface area contributed by atoms with Gasteiger partial charge >= 0.3 is 0 Å². The minimum absolute atomic E-state index is 0.0121. The fraction of sp³-hybridized carbons (Fsp3) is 0.308. The molecule has 1 aromatic heterocycles. The monoisotopic (exact) mass is 232 g/mol. The van der Waals surface area contributed by atoms with Gasteiger partial charge in [0.25, 0.3) is 0 Å². The van der Waals surface area contributed by atoms with Crippen LogP contribution in [-0.2, 0) is 0 Å². The van der Waals surface area contributed by atoms with Gasteiger partial charge in [0.1, 0.15) is 5.75 Å². The van der Waals surface area contributed by atoms with Crippen LogP contribution in [0, 0.1) is 13.8 Å². The number of phenols is 1. The third-order valence-electron chi connectivity index (χ3n) is 3.10. The Morgan fingerprint density at radius 2 is 2.06 bits per heavy atom. The van der Waals surface area contributed by atoms with Crippen LogP contribution in [0.25, 0.3) is 10.9 Å². The van der Waals surface area contributed by atoms with E-state index in [0.717, 1.165) is 22.2 Å². The molecule has 1 aromatic carbocycles. The fourth-order valence-electron chi connectivity index (χ4n) is 2.05. The van der Waals surface area contributed by atoms with Gasteiger partial charge in [0.15, 0.2) is 5.78 Å². The van der Waals surface area contributed by atoms with Crippen molar-refractivity contribution in [2.75, 3.05) is 0 Å². The third-order valence-corrected chi connectivity index (χ3v) is 3.10. The molecule has 0 bridgehead atoms. The first-order chi connectivity index (χ1) is 7.93. The molecule has 4 N–H and O–H groups in total. The molecule has 1 heterocycles. The van der Waals surface area contributed by atoms with Crippen LogP contribution < -0.4 is 5.73 Å². The molecule has 1 atom stereocenters. The summed E-state index contributed by atoms with van der Waals surface area (Å²) in [4.78, 5) is 15.2. The summed E-state index contributed by atoms with van der Waals surface area (Å²) < 4.78 is 0. The summed E-state index contributed by atoms with van der Waals surface area (Å²) in [7, 11) is 0. The van der Waals surface area contributed by atoms with Gasteiger partial charge in [0.05, 0.1) is 11.6 Å². The van der Waals surface area contributed by atoms with E-state index in [4.69, 9.17) is 5.73 Å². The van der Waals surface area contributed by atoms with E-state index in [-0.39, 0.29) is 11.5 Å². The summed E-state index contributed by atoms with van der Waals surface area (Å²) in [5.74, 6) is -0.253. The molecule has 0 amide bonds. The molecular formula is C13H16N2O2. The van der Waals surface area contributed by atoms with E-state index in [1.54, 1.807) is 13.0 Å². The number of aromatic amines is 1. The molecule has 4 nitrogen and oxygen atoms in total. The van der Waals surface area contributed by atoms with Crippen molar-refractivity contribution in [1.82, 2.24) is 4.98 Å². The van der Waals surface area contributed by atoms with Crippen molar-refractivity contribution < 1.29 is 9.90 Å². The lowest BCUT2D eigenvalue weighted by molar-refractivity contribution is 0.0967. The third kappa shape index (κ3) is 1.70. The summed E-state index contributed by atoms with van der Waals surface area (Å²) in [5.41, 5.74) is 8.74. The summed E-state index contributed by atoms with van der Waals surface area (Å²) in [6.45, 7) is 5.48. The van der Waals surface area contributed by atoms with Crippen LogP contribution in [0.5, 0.6) is 5.75 Å². The van der Waals surface area contributed by atoms with Crippen LogP contribution in [0.1, 0.15) is 28.5 Å². The zero-order chi connectivity index (χ0) is 12.7. The number of benzene rings is 1. The van der Waals surface area contributed by atoms with Crippen LogP contribution in [0.4, 0.5) is 0 Å². The Hall–Kier alpha value is -1.81. The van der Waals surface area contributed by atoms with E-state index in [1.165, 1.54) is 6.07 Å². The maximum Gasteiger partial charge on any atom is 0.183 e. The number of aromatic hydroxyl groups is 1. The normalized spacial score (nSPS) is 12.9. The lowest BCUT2D eigenvalue weighted by Gasteiger charge is -2.09. The summed E-state index contributed by atoms with van der Waals surface area (Å²) in [5, 5.41) is 10.6. The van der Waals surface area contributed by atoms with Gasteiger partial charge in [-0.1, -0.05) is 0 Å². The average molecular weight is 232 g/mol. The standard InChI is InChI=1S/C13H16N2O2/c1-6-8(3)15-9-4-5-10(16)12(11(6)9)13(17)7(2)14/h4-5,7,15-16H,14H2,1-3H3. The molecule has 0 radical (unpaired) electrons. The summed E-state index contributed by atoms with van der Waals surface area (Å²) in [6, 6.07) is 2.66. The SMILES string of the molecule is Cc1[nH]c2ccc(O)c(C(=O)C(C)N)c2c1C. The molecule has 0 saturated heterocycles. The molecule has 0 saturated carbocycles. The quantitative estimate of drug-likeness (QED) is 0.693. The Morgan fingerprint density at radius 3 is 2.65 bits per heavy atom. The van der Waals surface area contributed by atoms with Gasteiger partial charge in [-0.15, -0.1) is 0 Å². The van der Waals surface area contributed by atoms with Crippen LogP contribution >= 0.6 is 0 Å². The smallest absolute Gasteiger partial charge is 0.183 e. The van der Waals surface area contributed by atoms with Crippen LogP contribution in [-0.4, -0.2) is 21.9 Å². The van der Waals surface area contributed by atoms with Gasteiger partial charge in [-0.25, -0.2) is 0 Å². The molecule has 17 heavy (non-hydrogen) atoms.